The third kappa shape index (κ3) is 2.63. The zero-order chi connectivity index (χ0) is 15.6. The monoisotopic (exact) mass is 312 g/mol. The van der Waals surface area contributed by atoms with Crippen LogP contribution in [-0.4, -0.2) is 51.9 Å². The summed E-state index contributed by atoms with van der Waals surface area (Å²) in [5.74, 6) is 1.67. The molecule has 0 N–H and O–H groups in total. The molecule has 1 amide bonds. The van der Waals surface area contributed by atoms with Crippen molar-refractivity contribution in [3.8, 4) is 11.4 Å². The molecule has 6 nitrogen and oxygen atoms in total. The average Bonchev–Trinajstić information content (AvgIpc) is 3.07. The number of ether oxygens (including phenoxy) is 1. The van der Waals surface area contributed by atoms with E-state index in [9.17, 15) is 4.79 Å². The molecular weight excluding hydrogens is 292 g/mol. The van der Waals surface area contributed by atoms with Crippen molar-refractivity contribution < 1.29 is 9.53 Å². The lowest BCUT2D eigenvalue weighted by Gasteiger charge is -2.31. The van der Waals surface area contributed by atoms with Crippen LogP contribution in [0.25, 0.3) is 11.4 Å². The van der Waals surface area contributed by atoms with Crippen molar-refractivity contribution in [2.45, 2.75) is 25.3 Å². The molecule has 1 fully saturated rings. The third-order valence-electron chi connectivity index (χ3n) is 4.62. The van der Waals surface area contributed by atoms with Crippen molar-refractivity contribution in [1.82, 2.24) is 19.7 Å². The second kappa shape index (κ2) is 6.12. The zero-order valence-corrected chi connectivity index (χ0v) is 13.0. The molecule has 1 saturated heterocycles. The summed E-state index contributed by atoms with van der Waals surface area (Å²) in [5, 5.41) is 8.73. The standard InChI is InChI=1S/C17H20N4O2/c22-17(20-9-11-23-12-10-20)14-7-4-8-21-15(18-19-16(14)21)13-5-2-1-3-6-13/h1-3,5-6,14H,4,7-12H2. The molecule has 1 aromatic carbocycles. The number of hydrogen-bond acceptors (Lipinski definition) is 4. The van der Waals surface area contributed by atoms with Crippen LogP contribution in [0.1, 0.15) is 24.6 Å². The molecule has 1 atom stereocenters. The average molecular weight is 312 g/mol. The number of rotatable bonds is 2. The number of benzene rings is 1. The second-order valence-electron chi connectivity index (χ2n) is 6.03. The lowest BCUT2D eigenvalue weighted by Crippen LogP contribution is -2.44. The topological polar surface area (TPSA) is 60.2 Å². The summed E-state index contributed by atoms with van der Waals surface area (Å²) in [7, 11) is 0. The number of morpholine rings is 1. The predicted molar refractivity (Wildman–Crippen MR) is 84.8 cm³/mol. The maximum atomic E-state index is 12.9. The van der Waals surface area contributed by atoms with Crippen LogP contribution in [0.2, 0.25) is 0 Å². The number of carbonyl (C=O) groups excluding carboxylic acids is 1. The van der Waals surface area contributed by atoms with Crippen LogP contribution < -0.4 is 0 Å². The lowest BCUT2D eigenvalue weighted by atomic mass is 9.96. The van der Waals surface area contributed by atoms with E-state index >= 15 is 0 Å². The summed E-state index contributed by atoms with van der Waals surface area (Å²) in [6.45, 7) is 3.48. The summed E-state index contributed by atoms with van der Waals surface area (Å²) in [6, 6.07) is 10.0. The van der Waals surface area contributed by atoms with E-state index in [1.54, 1.807) is 0 Å². The molecule has 0 spiro atoms. The second-order valence-corrected chi connectivity index (χ2v) is 6.03. The van der Waals surface area contributed by atoms with Gasteiger partial charge in [-0.25, -0.2) is 0 Å². The molecule has 1 aromatic heterocycles. The van der Waals surface area contributed by atoms with Gasteiger partial charge in [0.2, 0.25) is 5.91 Å². The quantitative estimate of drug-likeness (QED) is 0.846. The van der Waals surface area contributed by atoms with Crippen molar-refractivity contribution in [3.05, 3.63) is 36.2 Å². The van der Waals surface area contributed by atoms with E-state index in [2.05, 4.69) is 14.8 Å². The van der Waals surface area contributed by atoms with E-state index in [4.69, 9.17) is 4.74 Å². The van der Waals surface area contributed by atoms with Gasteiger partial charge < -0.3 is 14.2 Å². The van der Waals surface area contributed by atoms with Crippen molar-refractivity contribution in [2.24, 2.45) is 0 Å². The Labute approximate surface area is 135 Å². The molecule has 120 valence electrons. The van der Waals surface area contributed by atoms with Crippen molar-refractivity contribution in [1.29, 1.82) is 0 Å². The predicted octanol–water partition coefficient (Wildman–Crippen LogP) is 1.68. The Morgan fingerprint density at radius 3 is 2.65 bits per heavy atom. The highest BCUT2D eigenvalue weighted by Gasteiger charge is 2.34. The molecular formula is C17H20N4O2. The fraction of sp³-hybridized carbons (Fsp3) is 0.471. The first-order valence-corrected chi connectivity index (χ1v) is 8.19. The van der Waals surface area contributed by atoms with Crippen LogP contribution in [0.5, 0.6) is 0 Å². The Morgan fingerprint density at radius 1 is 1.09 bits per heavy atom. The third-order valence-corrected chi connectivity index (χ3v) is 4.62. The van der Waals surface area contributed by atoms with Gasteiger partial charge in [0.1, 0.15) is 5.82 Å². The number of hydrogen-bond donors (Lipinski definition) is 0. The maximum absolute atomic E-state index is 12.9. The SMILES string of the molecule is O=C(C1CCCn2c(-c3ccccc3)nnc21)N1CCOCC1. The Morgan fingerprint density at radius 2 is 1.87 bits per heavy atom. The molecule has 0 saturated carbocycles. The van der Waals surface area contributed by atoms with E-state index in [0.29, 0.717) is 26.3 Å². The van der Waals surface area contributed by atoms with Crippen LogP contribution in [0.4, 0.5) is 0 Å². The Bertz CT molecular complexity index is 692. The van der Waals surface area contributed by atoms with Gasteiger partial charge in [-0.2, -0.15) is 0 Å². The molecule has 3 heterocycles. The summed E-state index contributed by atoms with van der Waals surface area (Å²) in [4.78, 5) is 14.8. The molecule has 4 rings (SSSR count). The van der Waals surface area contributed by atoms with E-state index < -0.39 is 0 Å². The Hall–Kier alpha value is -2.21. The molecule has 23 heavy (non-hydrogen) atoms. The van der Waals surface area contributed by atoms with Crippen LogP contribution in [0.3, 0.4) is 0 Å². The van der Waals surface area contributed by atoms with E-state index in [0.717, 1.165) is 36.6 Å². The van der Waals surface area contributed by atoms with E-state index in [-0.39, 0.29) is 11.8 Å². The van der Waals surface area contributed by atoms with Crippen molar-refractivity contribution in [2.75, 3.05) is 26.3 Å². The number of fused-ring (bicyclic) bond motifs is 1. The largest absolute Gasteiger partial charge is 0.378 e. The van der Waals surface area contributed by atoms with Gasteiger partial charge in [-0.05, 0) is 12.8 Å². The molecule has 1 unspecified atom stereocenters. The molecule has 0 aliphatic carbocycles. The van der Waals surface area contributed by atoms with Gasteiger partial charge in [-0.15, -0.1) is 10.2 Å². The van der Waals surface area contributed by atoms with Gasteiger partial charge in [-0.3, -0.25) is 4.79 Å². The first kappa shape index (κ1) is 14.4. The van der Waals surface area contributed by atoms with Gasteiger partial charge in [-0.1, -0.05) is 30.3 Å². The summed E-state index contributed by atoms with van der Waals surface area (Å²) in [5.41, 5.74) is 1.05. The van der Waals surface area contributed by atoms with E-state index in [1.165, 1.54) is 0 Å². The number of carbonyl (C=O) groups is 1. The van der Waals surface area contributed by atoms with Crippen molar-refractivity contribution in [3.63, 3.8) is 0 Å². The molecule has 0 radical (unpaired) electrons. The Kier molecular flexibility index (Phi) is 3.83. The van der Waals surface area contributed by atoms with Crippen molar-refractivity contribution >= 4 is 5.91 Å². The number of amides is 1. The van der Waals surface area contributed by atoms with Gasteiger partial charge in [0, 0.05) is 25.2 Å². The smallest absolute Gasteiger partial charge is 0.233 e. The molecule has 2 aromatic rings. The van der Waals surface area contributed by atoms with Crippen LogP contribution in [-0.2, 0) is 16.1 Å². The highest BCUT2D eigenvalue weighted by molar-refractivity contribution is 5.83. The molecule has 2 aliphatic rings. The fourth-order valence-electron chi connectivity index (χ4n) is 3.41. The minimum atomic E-state index is -0.174. The normalized spacial score (nSPS) is 21.0. The maximum Gasteiger partial charge on any atom is 0.233 e. The summed E-state index contributed by atoms with van der Waals surface area (Å²) < 4.78 is 7.45. The molecule has 2 aliphatic heterocycles. The van der Waals surface area contributed by atoms with Gasteiger partial charge >= 0.3 is 0 Å². The van der Waals surface area contributed by atoms with Crippen LogP contribution in [0.15, 0.2) is 30.3 Å². The minimum absolute atomic E-state index is 0.168. The van der Waals surface area contributed by atoms with Crippen LogP contribution in [0, 0.1) is 0 Å². The first-order valence-electron chi connectivity index (χ1n) is 8.19. The number of aromatic nitrogens is 3. The van der Waals surface area contributed by atoms with Crippen LogP contribution >= 0.6 is 0 Å². The van der Waals surface area contributed by atoms with Gasteiger partial charge in [0.25, 0.3) is 0 Å². The van der Waals surface area contributed by atoms with Gasteiger partial charge in [0.05, 0.1) is 19.1 Å². The molecule has 0 bridgehead atoms. The fourth-order valence-corrected chi connectivity index (χ4v) is 3.41. The highest BCUT2D eigenvalue weighted by atomic mass is 16.5. The summed E-state index contributed by atoms with van der Waals surface area (Å²) >= 11 is 0. The zero-order valence-electron chi connectivity index (χ0n) is 13.0. The summed E-state index contributed by atoms with van der Waals surface area (Å²) in [6.07, 6.45) is 1.83. The van der Waals surface area contributed by atoms with Gasteiger partial charge in [0.15, 0.2) is 5.82 Å². The molecule has 6 heteroatoms. The first-order chi connectivity index (χ1) is 11.3. The minimum Gasteiger partial charge on any atom is -0.378 e. The lowest BCUT2D eigenvalue weighted by molar-refractivity contribution is -0.137. The Balaban J connectivity index is 1.64. The van der Waals surface area contributed by atoms with E-state index in [1.807, 2.05) is 35.2 Å². The number of nitrogens with zero attached hydrogens (tertiary/aromatic N) is 4. The highest BCUT2D eigenvalue weighted by Crippen LogP contribution is 2.31.